The molecular weight excluding hydrogens is 705 g/mol. The number of nitrogens with one attached hydrogen (secondary N) is 1. The van der Waals surface area contributed by atoms with Crippen LogP contribution in [0.25, 0.3) is 21.3 Å². The molecule has 1 unspecified atom stereocenters. The Morgan fingerprint density at radius 2 is 1.59 bits per heavy atom. The number of rotatable bonds is 7. The van der Waals surface area contributed by atoms with Crippen molar-refractivity contribution in [1.29, 1.82) is 0 Å². The fraction of sp³-hybridized carbons (Fsp3) is 0.543. The number of benzene rings is 1. The van der Waals surface area contributed by atoms with Crippen LogP contribution < -0.4 is 20.4 Å². The Bertz CT molecular complexity index is 1880. The van der Waals surface area contributed by atoms with Crippen LogP contribution in [0.1, 0.15) is 72.7 Å². The lowest BCUT2D eigenvalue weighted by molar-refractivity contribution is -0.137. The highest BCUT2D eigenvalue weighted by Crippen LogP contribution is 2.52. The van der Waals surface area contributed by atoms with Gasteiger partial charge in [0.25, 0.3) is 0 Å². The largest absolute Gasteiger partial charge is 0.417 e. The fourth-order valence-corrected chi connectivity index (χ4v) is 20.9. The van der Waals surface area contributed by atoms with E-state index in [1.54, 1.807) is 29.1 Å². The van der Waals surface area contributed by atoms with E-state index in [1.807, 2.05) is 18.7 Å². The van der Waals surface area contributed by atoms with Gasteiger partial charge in [-0.25, -0.2) is 14.8 Å². The molecule has 6 rings (SSSR count). The molecule has 14 heteroatoms. The maximum atomic E-state index is 15.5. The van der Waals surface area contributed by atoms with Gasteiger partial charge in [-0.2, -0.15) is 18.2 Å². The summed E-state index contributed by atoms with van der Waals surface area (Å²) in [7, 11) is -2.32. The van der Waals surface area contributed by atoms with E-state index in [2.05, 4.69) is 61.8 Å². The van der Waals surface area contributed by atoms with Crippen LogP contribution in [0.4, 0.5) is 19.0 Å². The number of anilines is 1. The molecule has 264 valence electrons. The fourth-order valence-electron chi connectivity index (χ4n) is 8.62. The first kappa shape index (κ1) is 36.3. The van der Waals surface area contributed by atoms with E-state index in [0.717, 1.165) is 4.50 Å². The molecule has 0 saturated carbocycles. The molecule has 1 fully saturated rings. The average Bonchev–Trinajstić information content (AvgIpc) is 3.26. The van der Waals surface area contributed by atoms with Gasteiger partial charge in [-0.15, -0.1) is 23.1 Å². The predicted octanol–water partition coefficient (Wildman–Crippen LogP) is 8.55. The van der Waals surface area contributed by atoms with Gasteiger partial charge in [-0.1, -0.05) is 53.1 Å². The number of thioether (sulfide) groups is 1. The number of halogens is 4. The molecule has 0 radical (unpaired) electrons. The summed E-state index contributed by atoms with van der Waals surface area (Å²) in [6.07, 6.45) is -1.39. The van der Waals surface area contributed by atoms with Crippen LogP contribution in [0.3, 0.4) is 0 Å². The highest BCUT2D eigenvalue weighted by molar-refractivity contribution is 7.99. The summed E-state index contributed by atoms with van der Waals surface area (Å²) in [6.45, 7) is 18.6. The molecule has 1 saturated heterocycles. The van der Waals surface area contributed by atoms with Crippen LogP contribution in [0, 0.1) is 0 Å². The Morgan fingerprint density at radius 1 is 0.980 bits per heavy atom. The Labute approximate surface area is 300 Å². The minimum Gasteiger partial charge on any atom is -0.353 e. The maximum absolute atomic E-state index is 15.5. The smallest absolute Gasteiger partial charge is 0.353 e. The first-order chi connectivity index (χ1) is 23.0. The van der Waals surface area contributed by atoms with Gasteiger partial charge < -0.3 is 10.2 Å². The minimum atomic E-state index is -4.68. The van der Waals surface area contributed by atoms with Crippen molar-refractivity contribution in [2.45, 2.75) is 108 Å². The normalized spacial score (nSPS) is 20.6. The van der Waals surface area contributed by atoms with Gasteiger partial charge in [0, 0.05) is 81.0 Å². The number of nitrogens with zero attached hydrogens (tertiary/aromatic N) is 5. The summed E-state index contributed by atoms with van der Waals surface area (Å²) < 4.78 is 49.0. The van der Waals surface area contributed by atoms with Crippen LogP contribution in [-0.2, 0) is 12.7 Å². The van der Waals surface area contributed by atoms with Crippen molar-refractivity contribution in [3.8, 4) is 10.4 Å². The number of thiophene rings is 1. The molecule has 4 aromatic rings. The summed E-state index contributed by atoms with van der Waals surface area (Å²) in [5.74, 6) is 0.900. The van der Waals surface area contributed by atoms with Gasteiger partial charge in [0.2, 0.25) is 0 Å². The second-order valence-corrected chi connectivity index (χ2v) is 23.2. The zero-order valence-corrected chi connectivity index (χ0v) is 32.5. The SMILES string of the molecule is CC(C)[Si](c1sc(-c2c(C(F)(F)F)cc3c(N4C[C@@H](C)N[C@@H](C)C4)nc(=O)n4c3c2SCC(c2ncccn2)C4)cc1Cl)(C(C)C)C(C)C. The molecule has 49 heavy (non-hydrogen) atoms. The molecule has 2 aliphatic rings. The Kier molecular flexibility index (Phi) is 10.1. The molecule has 1 aromatic carbocycles. The highest BCUT2D eigenvalue weighted by atomic mass is 35.5. The van der Waals surface area contributed by atoms with Crippen LogP contribution >= 0.6 is 34.7 Å². The van der Waals surface area contributed by atoms with Gasteiger partial charge in [-0.05, 0) is 48.7 Å². The Morgan fingerprint density at radius 3 is 2.16 bits per heavy atom. The standard InChI is InChI=1S/C35H44ClF3N6OS2Si/c1-18(2)49(19(3)4,20(5)6)33-26(36)13-27(48-33)28-25(35(37,38)39)12-24-29-30(28)47-17-23(31-40-10-9-11-41-31)16-45(29)34(46)43-32(24)44-14-21(7)42-22(8)15-44/h9-13,18-23,42H,14-17H2,1-8H3/t21-,22+,23?. The van der Waals surface area contributed by atoms with Crippen molar-refractivity contribution in [3.05, 3.63) is 57.5 Å². The molecule has 2 aliphatic heterocycles. The summed E-state index contributed by atoms with van der Waals surface area (Å²) >= 11 is 9.87. The summed E-state index contributed by atoms with van der Waals surface area (Å²) in [5, 5.41) is 4.33. The van der Waals surface area contributed by atoms with E-state index >= 15 is 13.2 Å². The van der Waals surface area contributed by atoms with E-state index in [-0.39, 0.29) is 30.1 Å². The van der Waals surface area contributed by atoms with Crippen LogP contribution in [0.5, 0.6) is 0 Å². The van der Waals surface area contributed by atoms with Gasteiger partial charge in [0.05, 0.1) is 16.1 Å². The maximum Gasteiger partial charge on any atom is 0.417 e. The van der Waals surface area contributed by atoms with E-state index < -0.39 is 25.5 Å². The molecule has 0 aliphatic carbocycles. The second-order valence-electron chi connectivity index (χ2n) is 14.5. The van der Waals surface area contributed by atoms with Crippen molar-refractivity contribution in [3.63, 3.8) is 0 Å². The first-order valence-corrected chi connectivity index (χ1v) is 21.4. The molecule has 0 spiro atoms. The zero-order chi connectivity index (χ0) is 35.6. The minimum absolute atomic E-state index is 0.0625. The molecule has 1 N–H and O–H groups in total. The van der Waals surface area contributed by atoms with Crippen LogP contribution in [0.15, 0.2) is 40.3 Å². The summed E-state index contributed by atoms with van der Waals surface area (Å²) in [6, 6.07) is 4.82. The topological polar surface area (TPSA) is 75.9 Å². The van der Waals surface area contributed by atoms with Crippen molar-refractivity contribution >= 4 is 64.0 Å². The van der Waals surface area contributed by atoms with Crippen molar-refractivity contribution in [2.24, 2.45) is 0 Å². The predicted molar refractivity (Wildman–Crippen MR) is 200 cm³/mol. The lowest BCUT2D eigenvalue weighted by Crippen LogP contribution is -2.55. The van der Waals surface area contributed by atoms with Crippen molar-refractivity contribution in [1.82, 2.24) is 24.8 Å². The number of hydrogen-bond acceptors (Lipinski definition) is 8. The number of alkyl halides is 3. The van der Waals surface area contributed by atoms with Gasteiger partial charge in [0.15, 0.2) is 0 Å². The number of hydrogen-bond donors (Lipinski definition) is 1. The zero-order valence-electron chi connectivity index (χ0n) is 29.2. The monoisotopic (exact) mass is 748 g/mol. The van der Waals surface area contributed by atoms with Crippen LogP contribution in [-0.4, -0.2) is 58.5 Å². The molecule has 3 atom stereocenters. The quantitative estimate of drug-likeness (QED) is 0.190. The van der Waals surface area contributed by atoms with E-state index in [1.165, 1.54) is 29.2 Å². The Balaban J connectivity index is 1.69. The third-order valence-electron chi connectivity index (χ3n) is 10.3. The number of aromatic nitrogens is 4. The van der Waals surface area contributed by atoms with Crippen molar-refractivity contribution < 1.29 is 13.2 Å². The van der Waals surface area contributed by atoms with E-state index in [9.17, 15) is 4.79 Å². The third kappa shape index (κ3) is 6.36. The Hall–Kier alpha value is -2.45. The van der Waals surface area contributed by atoms with Gasteiger partial charge in [-0.3, -0.25) is 4.57 Å². The van der Waals surface area contributed by atoms with Gasteiger partial charge in [0.1, 0.15) is 19.7 Å². The molecule has 5 heterocycles. The molecule has 0 amide bonds. The molecular formula is C35H44ClF3N6OS2Si. The summed E-state index contributed by atoms with van der Waals surface area (Å²) in [5.41, 5.74) is 0.293. The first-order valence-electron chi connectivity index (χ1n) is 16.9. The van der Waals surface area contributed by atoms with Crippen molar-refractivity contribution in [2.75, 3.05) is 23.7 Å². The highest BCUT2D eigenvalue weighted by Gasteiger charge is 2.48. The second kappa shape index (κ2) is 13.6. The third-order valence-corrected chi connectivity index (χ3v) is 21.3. The van der Waals surface area contributed by atoms with Crippen LogP contribution in [0.2, 0.25) is 21.6 Å². The van der Waals surface area contributed by atoms with E-state index in [0.29, 0.717) is 72.8 Å². The average molecular weight is 749 g/mol. The molecule has 7 nitrogen and oxygen atoms in total. The lowest BCUT2D eigenvalue weighted by Gasteiger charge is -2.42. The lowest BCUT2D eigenvalue weighted by atomic mass is 10.0. The van der Waals surface area contributed by atoms with E-state index in [4.69, 9.17) is 11.6 Å². The molecule has 3 aromatic heterocycles. The summed E-state index contributed by atoms with van der Waals surface area (Å²) in [4.78, 5) is 30.4. The molecule has 0 bridgehead atoms. The van der Waals surface area contributed by atoms with Gasteiger partial charge >= 0.3 is 11.9 Å². The number of piperazine rings is 1.